The van der Waals surface area contributed by atoms with E-state index in [-0.39, 0.29) is 11.8 Å². The lowest BCUT2D eigenvalue weighted by molar-refractivity contribution is -0.130. The molecule has 0 saturated carbocycles. The van der Waals surface area contributed by atoms with Crippen molar-refractivity contribution in [3.05, 3.63) is 0 Å². The van der Waals surface area contributed by atoms with E-state index < -0.39 is 0 Å². The molecule has 14 heavy (non-hydrogen) atoms. The number of nitrogens with one attached hydrogen (secondary N) is 1. The molecule has 0 atom stereocenters. The summed E-state index contributed by atoms with van der Waals surface area (Å²) < 4.78 is 0. The highest BCUT2D eigenvalue weighted by Crippen LogP contribution is 1.98. The summed E-state index contributed by atoms with van der Waals surface area (Å²) in [6.45, 7) is 6.49. The number of carbonyl (C=O) groups excluding carboxylic acids is 2. The second kappa shape index (κ2) is 4.95. The Hall–Kier alpha value is -1.10. The molecule has 5 heteroatoms. The van der Waals surface area contributed by atoms with Crippen molar-refractivity contribution in [3.8, 4) is 0 Å². The van der Waals surface area contributed by atoms with Crippen LogP contribution in [-0.4, -0.2) is 48.4 Å². The van der Waals surface area contributed by atoms with Crippen LogP contribution in [0.4, 0.5) is 0 Å². The number of carbonyl (C=O) groups is 2. The molecule has 0 aromatic carbocycles. The monoisotopic (exact) mass is 199 g/mol. The quantitative estimate of drug-likeness (QED) is 0.620. The molecule has 1 aliphatic rings. The minimum absolute atomic E-state index is 0.000833. The molecule has 0 radical (unpaired) electrons. The van der Waals surface area contributed by atoms with Gasteiger partial charge in [-0.25, -0.2) is 5.01 Å². The molecule has 1 heterocycles. The van der Waals surface area contributed by atoms with E-state index in [1.165, 1.54) is 0 Å². The minimum atomic E-state index is -0.000833. The van der Waals surface area contributed by atoms with Gasteiger partial charge in [0.25, 0.3) is 0 Å². The summed E-state index contributed by atoms with van der Waals surface area (Å²) in [6, 6.07) is 0. The first-order chi connectivity index (χ1) is 6.63. The zero-order valence-corrected chi connectivity index (χ0v) is 8.69. The third kappa shape index (κ3) is 2.99. The van der Waals surface area contributed by atoms with Crippen LogP contribution in [0.2, 0.25) is 0 Å². The van der Waals surface area contributed by atoms with Gasteiger partial charge in [-0.05, 0) is 0 Å². The predicted molar refractivity (Wildman–Crippen MR) is 52.2 cm³/mol. The lowest BCUT2D eigenvalue weighted by Crippen LogP contribution is -2.53. The Morgan fingerprint density at radius 3 is 2.29 bits per heavy atom. The summed E-state index contributed by atoms with van der Waals surface area (Å²) in [5.41, 5.74) is 2.81. The van der Waals surface area contributed by atoms with Crippen molar-refractivity contribution in [2.75, 3.05) is 26.2 Å². The van der Waals surface area contributed by atoms with E-state index in [9.17, 15) is 9.59 Å². The van der Waals surface area contributed by atoms with Gasteiger partial charge in [0, 0.05) is 32.1 Å². The fraction of sp³-hybridized carbons (Fsp3) is 0.778. The van der Waals surface area contributed by atoms with Crippen molar-refractivity contribution in [1.29, 1.82) is 0 Å². The molecule has 0 spiro atoms. The molecule has 0 aromatic heterocycles. The van der Waals surface area contributed by atoms with E-state index in [1.807, 2.05) is 18.9 Å². The number of nitrogens with zero attached hydrogens (tertiary/aromatic N) is 2. The summed E-state index contributed by atoms with van der Waals surface area (Å²) in [6.07, 6.45) is 0.849. The highest BCUT2D eigenvalue weighted by Gasteiger charge is 2.17. The van der Waals surface area contributed by atoms with Crippen LogP contribution in [0.3, 0.4) is 0 Å². The molecule has 2 amide bonds. The Labute approximate surface area is 84.0 Å². The fourth-order valence-corrected chi connectivity index (χ4v) is 1.22. The zero-order chi connectivity index (χ0) is 10.6. The first-order valence-corrected chi connectivity index (χ1v) is 4.88. The third-order valence-electron chi connectivity index (χ3n) is 2.26. The Balaban J connectivity index is 2.28. The number of hydrazine groups is 1. The first-order valence-electron chi connectivity index (χ1n) is 4.88. The van der Waals surface area contributed by atoms with Crippen LogP contribution in [0.5, 0.6) is 0 Å². The van der Waals surface area contributed by atoms with Crippen LogP contribution in [0.1, 0.15) is 13.8 Å². The molecule has 1 fully saturated rings. The van der Waals surface area contributed by atoms with Crippen molar-refractivity contribution in [3.63, 3.8) is 0 Å². The van der Waals surface area contributed by atoms with Gasteiger partial charge < -0.3 is 4.90 Å². The number of amides is 2. The molecule has 0 unspecified atom stereocenters. The SMILES string of the molecule is CC(C)C(=O)NN1CCN(C=O)CC1. The Morgan fingerprint density at radius 2 is 1.86 bits per heavy atom. The number of rotatable bonds is 3. The summed E-state index contributed by atoms with van der Waals surface area (Å²) in [7, 11) is 0. The number of hydrogen-bond donors (Lipinski definition) is 1. The van der Waals surface area contributed by atoms with Gasteiger partial charge in [-0.15, -0.1) is 0 Å². The fourth-order valence-electron chi connectivity index (χ4n) is 1.22. The molecule has 0 bridgehead atoms. The average Bonchev–Trinajstić information content (AvgIpc) is 2.19. The second-order valence-electron chi connectivity index (χ2n) is 3.76. The van der Waals surface area contributed by atoms with Crippen LogP contribution in [0, 0.1) is 5.92 Å². The van der Waals surface area contributed by atoms with Crippen molar-refractivity contribution in [2.24, 2.45) is 5.92 Å². The Morgan fingerprint density at radius 1 is 1.29 bits per heavy atom. The van der Waals surface area contributed by atoms with Gasteiger partial charge in [0.1, 0.15) is 0 Å². The van der Waals surface area contributed by atoms with Gasteiger partial charge in [0.15, 0.2) is 0 Å². The topological polar surface area (TPSA) is 52.7 Å². The minimum Gasteiger partial charge on any atom is -0.343 e. The van der Waals surface area contributed by atoms with E-state index in [0.717, 1.165) is 6.41 Å². The van der Waals surface area contributed by atoms with E-state index in [1.54, 1.807) is 4.90 Å². The Bertz CT molecular complexity index is 210. The standard InChI is InChI=1S/C9H17N3O2/c1-8(2)9(14)10-12-5-3-11(7-13)4-6-12/h7-8H,3-6H2,1-2H3,(H,10,14). The van der Waals surface area contributed by atoms with Crippen LogP contribution in [-0.2, 0) is 9.59 Å². The third-order valence-corrected chi connectivity index (χ3v) is 2.26. The molecule has 1 saturated heterocycles. The molecule has 80 valence electrons. The number of piperazine rings is 1. The maximum atomic E-state index is 11.3. The molecule has 0 aliphatic carbocycles. The molecule has 1 rings (SSSR count). The maximum Gasteiger partial charge on any atom is 0.236 e. The molecular formula is C9H17N3O2. The normalized spacial score (nSPS) is 18.4. The summed E-state index contributed by atoms with van der Waals surface area (Å²) in [5, 5.41) is 1.86. The smallest absolute Gasteiger partial charge is 0.236 e. The van der Waals surface area contributed by atoms with Gasteiger partial charge >= 0.3 is 0 Å². The lowest BCUT2D eigenvalue weighted by Gasteiger charge is -2.32. The molecule has 5 nitrogen and oxygen atoms in total. The van der Waals surface area contributed by atoms with E-state index in [2.05, 4.69) is 5.43 Å². The van der Waals surface area contributed by atoms with Crippen molar-refractivity contribution < 1.29 is 9.59 Å². The zero-order valence-electron chi connectivity index (χ0n) is 8.69. The first kappa shape index (κ1) is 11.0. The van der Waals surface area contributed by atoms with Crippen LogP contribution in [0.25, 0.3) is 0 Å². The van der Waals surface area contributed by atoms with E-state index in [0.29, 0.717) is 26.2 Å². The van der Waals surface area contributed by atoms with Gasteiger partial charge in [-0.1, -0.05) is 13.8 Å². The molecule has 1 aliphatic heterocycles. The Kier molecular flexibility index (Phi) is 3.88. The van der Waals surface area contributed by atoms with Gasteiger partial charge in [0.2, 0.25) is 12.3 Å². The summed E-state index contributed by atoms with van der Waals surface area (Å²) in [5.74, 6) is 0.0312. The van der Waals surface area contributed by atoms with Crippen molar-refractivity contribution >= 4 is 12.3 Å². The van der Waals surface area contributed by atoms with Gasteiger partial charge in [0.05, 0.1) is 0 Å². The highest BCUT2D eigenvalue weighted by atomic mass is 16.2. The van der Waals surface area contributed by atoms with Crippen molar-refractivity contribution in [1.82, 2.24) is 15.3 Å². The van der Waals surface area contributed by atoms with E-state index in [4.69, 9.17) is 0 Å². The average molecular weight is 199 g/mol. The van der Waals surface area contributed by atoms with Crippen molar-refractivity contribution in [2.45, 2.75) is 13.8 Å². The summed E-state index contributed by atoms with van der Waals surface area (Å²) >= 11 is 0. The number of hydrogen-bond acceptors (Lipinski definition) is 3. The highest BCUT2D eigenvalue weighted by molar-refractivity contribution is 5.77. The van der Waals surface area contributed by atoms with Crippen LogP contribution in [0.15, 0.2) is 0 Å². The van der Waals surface area contributed by atoms with Gasteiger partial charge in [-0.2, -0.15) is 0 Å². The molecular weight excluding hydrogens is 182 g/mol. The van der Waals surface area contributed by atoms with Gasteiger partial charge in [-0.3, -0.25) is 15.0 Å². The lowest BCUT2D eigenvalue weighted by atomic mass is 10.2. The molecule has 1 N–H and O–H groups in total. The van der Waals surface area contributed by atoms with Crippen LogP contribution >= 0.6 is 0 Å². The predicted octanol–water partition coefficient (Wildman–Crippen LogP) is -0.552. The second-order valence-corrected chi connectivity index (χ2v) is 3.76. The largest absolute Gasteiger partial charge is 0.343 e. The summed E-state index contributed by atoms with van der Waals surface area (Å²) in [4.78, 5) is 23.4. The maximum absolute atomic E-state index is 11.3. The van der Waals surface area contributed by atoms with Crippen LogP contribution < -0.4 is 5.43 Å². The van der Waals surface area contributed by atoms with E-state index >= 15 is 0 Å². The molecule has 0 aromatic rings.